The van der Waals surface area contributed by atoms with Crippen LogP contribution in [0.3, 0.4) is 0 Å². The molecule has 2 amide bonds. The van der Waals surface area contributed by atoms with Crippen LogP contribution in [0.2, 0.25) is 0 Å². The first-order chi connectivity index (χ1) is 19.0. The third-order valence-corrected chi connectivity index (χ3v) is 8.53. The van der Waals surface area contributed by atoms with E-state index in [2.05, 4.69) is 15.6 Å². The monoisotopic (exact) mass is 571 g/mol. The average Bonchev–Trinajstić information content (AvgIpc) is 3.65. The van der Waals surface area contributed by atoms with E-state index in [1.807, 2.05) is 65.4 Å². The number of thiophene rings is 1. The van der Waals surface area contributed by atoms with E-state index < -0.39 is 17.1 Å². The Balaban J connectivity index is 1.30. The number of hydrogen-bond donors (Lipinski definition) is 3. The molecule has 0 radical (unpaired) electrons. The predicted molar refractivity (Wildman–Crippen MR) is 157 cm³/mol. The number of rotatable bonds is 9. The van der Waals surface area contributed by atoms with E-state index in [4.69, 9.17) is 0 Å². The first-order valence-corrected chi connectivity index (χ1v) is 14.4. The van der Waals surface area contributed by atoms with Gasteiger partial charge in [0.1, 0.15) is 5.25 Å². The number of thioether (sulfide) groups is 1. The molecule has 2 aromatic heterocycles. The lowest BCUT2D eigenvalue weighted by molar-refractivity contribution is -0.115. The molecule has 3 aromatic carbocycles. The summed E-state index contributed by atoms with van der Waals surface area (Å²) in [6, 6.07) is 26.6. The highest BCUT2D eigenvalue weighted by Crippen LogP contribution is 2.37. The molecule has 0 spiro atoms. The summed E-state index contributed by atoms with van der Waals surface area (Å²) < 4.78 is 0. The summed E-state index contributed by atoms with van der Waals surface area (Å²) in [4.78, 5) is 44.0. The molecule has 0 aliphatic heterocycles. The quantitative estimate of drug-likeness (QED) is 0.160. The fourth-order valence-corrected chi connectivity index (χ4v) is 6.26. The number of carboxylic acids is 1. The van der Waals surface area contributed by atoms with Gasteiger partial charge in [0.15, 0.2) is 5.13 Å². The van der Waals surface area contributed by atoms with E-state index >= 15 is 0 Å². The molecule has 194 valence electrons. The molecule has 0 fully saturated rings. The number of thiazole rings is 1. The maximum Gasteiger partial charge on any atom is 0.336 e. The zero-order valence-corrected chi connectivity index (χ0v) is 22.7. The first kappa shape index (κ1) is 26.4. The summed E-state index contributed by atoms with van der Waals surface area (Å²) in [7, 11) is 0. The van der Waals surface area contributed by atoms with Crippen LogP contribution in [0.25, 0.3) is 10.6 Å². The fourth-order valence-electron chi connectivity index (χ4n) is 3.76. The van der Waals surface area contributed by atoms with Gasteiger partial charge in [-0.3, -0.25) is 9.59 Å². The number of aromatic carboxylic acids is 1. The van der Waals surface area contributed by atoms with Gasteiger partial charge in [-0.2, -0.15) is 0 Å². The molecule has 2 heterocycles. The SMILES string of the molecule is O=C(O)c1ccccc1C(=O)Nc1ccc(SC(C(=O)Nc2nc(-c3cccs3)cs2)c2ccccc2)cc1. The van der Waals surface area contributed by atoms with Gasteiger partial charge in [-0.05, 0) is 53.4 Å². The van der Waals surface area contributed by atoms with Crippen LogP contribution in [0, 0.1) is 0 Å². The molecular weight excluding hydrogens is 551 g/mol. The van der Waals surface area contributed by atoms with Gasteiger partial charge in [0.2, 0.25) is 5.91 Å². The first-order valence-electron chi connectivity index (χ1n) is 11.7. The molecule has 0 saturated carbocycles. The maximum atomic E-state index is 13.4. The van der Waals surface area contributed by atoms with Crippen molar-refractivity contribution in [3.05, 3.63) is 118 Å². The number of carboxylic acid groups (broad SMARTS) is 1. The van der Waals surface area contributed by atoms with Crippen LogP contribution in [0.4, 0.5) is 10.8 Å². The Labute approximate surface area is 236 Å². The molecule has 0 aliphatic rings. The molecular formula is C29H21N3O4S3. The molecule has 5 rings (SSSR count). The van der Waals surface area contributed by atoms with Crippen molar-refractivity contribution < 1.29 is 19.5 Å². The van der Waals surface area contributed by atoms with Crippen LogP contribution in [0.5, 0.6) is 0 Å². The Morgan fingerprint density at radius 3 is 2.21 bits per heavy atom. The molecule has 7 nitrogen and oxygen atoms in total. The van der Waals surface area contributed by atoms with Crippen molar-refractivity contribution in [1.29, 1.82) is 0 Å². The smallest absolute Gasteiger partial charge is 0.336 e. The van der Waals surface area contributed by atoms with Crippen molar-refractivity contribution in [2.45, 2.75) is 10.1 Å². The number of amides is 2. The van der Waals surface area contributed by atoms with Gasteiger partial charge in [0.25, 0.3) is 5.91 Å². The van der Waals surface area contributed by atoms with Crippen LogP contribution in [-0.2, 0) is 4.79 Å². The van der Waals surface area contributed by atoms with E-state index in [-0.39, 0.29) is 17.0 Å². The van der Waals surface area contributed by atoms with Crippen molar-refractivity contribution >= 4 is 63.0 Å². The molecule has 0 saturated heterocycles. The standard InChI is InChI=1S/C29H21N3O4S3/c33-26(21-9-4-5-10-22(21)28(35)36)30-19-12-14-20(15-13-19)39-25(18-7-2-1-3-8-18)27(34)32-29-31-23(17-38-29)24-11-6-16-37-24/h1-17,25H,(H,30,33)(H,35,36)(H,31,32,34). The van der Waals surface area contributed by atoms with Gasteiger partial charge >= 0.3 is 5.97 Å². The van der Waals surface area contributed by atoms with Gasteiger partial charge in [-0.1, -0.05) is 48.5 Å². The van der Waals surface area contributed by atoms with Crippen LogP contribution in [-0.4, -0.2) is 27.9 Å². The molecule has 1 unspecified atom stereocenters. The van der Waals surface area contributed by atoms with Crippen LogP contribution < -0.4 is 10.6 Å². The van der Waals surface area contributed by atoms with Gasteiger partial charge < -0.3 is 15.7 Å². The van der Waals surface area contributed by atoms with E-state index in [9.17, 15) is 19.5 Å². The van der Waals surface area contributed by atoms with E-state index in [0.29, 0.717) is 10.8 Å². The summed E-state index contributed by atoms with van der Waals surface area (Å²) in [6.07, 6.45) is 0. The van der Waals surface area contributed by atoms with Crippen molar-refractivity contribution in [2.75, 3.05) is 10.6 Å². The summed E-state index contributed by atoms with van der Waals surface area (Å²) in [5.74, 6) is -1.88. The largest absolute Gasteiger partial charge is 0.478 e. The van der Waals surface area contributed by atoms with Crippen LogP contribution in [0.1, 0.15) is 31.5 Å². The Bertz CT molecular complexity index is 1600. The molecule has 3 N–H and O–H groups in total. The van der Waals surface area contributed by atoms with Crippen molar-refractivity contribution in [2.24, 2.45) is 0 Å². The number of carbonyl (C=O) groups excluding carboxylic acids is 2. The van der Waals surface area contributed by atoms with Crippen LogP contribution in [0.15, 0.2) is 107 Å². The number of nitrogens with zero attached hydrogens (tertiary/aromatic N) is 1. The van der Waals surface area contributed by atoms with Gasteiger partial charge in [-0.15, -0.1) is 34.4 Å². The van der Waals surface area contributed by atoms with Crippen molar-refractivity contribution in [3.63, 3.8) is 0 Å². The number of carbonyl (C=O) groups is 3. The lowest BCUT2D eigenvalue weighted by Gasteiger charge is -2.16. The Hall–Kier alpha value is -4.25. The number of nitrogens with one attached hydrogen (secondary N) is 2. The fraction of sp³-hybridized carbons (Fsp3) is 0.0345. The molecule has 1 atom stereocenters. The summed E-state index contributed by atoms with van der Waals surface area (Å²) in [6.45, 7) is 0. The number of anilines is 2. The summed E-state index contributed by atoms with van der Waals surface area (Å²) >= 11 is 4.35. The zero-order valence-electron chi connectivity index (χ0n) is 20.2. The molecule has 0 bridgehead atoms. The van der Waals surface area contributed by atoms with E-state index in [1.165, 1.54) is 35.2 Å². The third kappa shape index (κ3) is 6.43. The second-order valence-corrected chi connectivity index (χ2v) is 11.2. The highest BCUT2D eigenvalue weighted by molar-refractivity contribution is 8.00. The lowest BCUT2D eigenvalue weighted by atomic mass is 10.1. The summed E-state index contributed by atoms with van der Waals surface area (Å²) in [5.41, 5.74) is 2.19. The summed E-state index contributed by atoms with van der Waals surface area (Å²) in [5, 5.41) is 19.0. The molecule has 39 heavy (non-hydrogen) atoms. The Morgan fingerprint density at radius 2 is 1.51 bits per heavy atom. The number of hydrogen-bond acceptors (Lipinski definition) is 7. The lowest BCUT2D eigenvalue weighted by Crippen LogP contribution is -2.19. The number of aromatic nitrogens is 1. The Morgan fingerprint density at radius 1 is 0.795 bits per heavy atom. The average molecular weight is 572 g/mol. The van der Waals surface area contributed by atoms with Crippen LogP contribution >= 0.6 is 34.4 Å². The third-order valence-electron chi connectivity index (χ3n) is 5.62. The van der Waals surface area contributed by atoms with Gasteiger partial charge in [0.05, 0.1) is 21.7 Å². The van der Waals surface area contributed by atoms with E-state index in [0.717, 1.165) is 21.0 Å². The van der Waals surface area contributed by atoms with E-state index in [1.54, 1.807) is 35.6 Å². The van der Waals surface area contributed by atoms with Crippen molar-refractivity contribution in [3.8, 4) is 10.6 Å². The molecule has 10 heteroatoms. The second-order valence-electron chi connectivity index (χ2n) is 8.24. The minimum Gasteiger partial charge on any atom is -0.478 e. The minimum atomic E-state index is -1.17. The molecule has 0 aliphatic carbocycles. The minimum absolute atomic E-state index is 0.0679. The maximum absolute atomic E-state index is 13.4. The highest BCUT2D eigenvalue weighted by atomic mass is 32.2. The number of benzene rings is 3. The zero-order chi connectivity index (χ0) is 27.2. The highest BCUT2D eigenvalue weighted by Gasteiger charge is 2.23. The van der Waals surface area contributed by atoms with Gasteiger partial charge in [-0.25, -0.2) is 9.78 Å². The molecule has 5 aromatic rings. The Kier molecular flexibility index (Phi) is 8.16. The topological polar surface area (TPSA) is 108 Å². The van der Waals surface area contributed by atoms with Gasteiger partial charge in [0, 0.05) is 16.0 Å². The predicted octanol–water partition coefficient (Wildman–Crippen LogP) is 7.29. The normalized spacial score (nSPS) is 11.5. The second kappa shape index (κ2) is 12.1. The van der Waals surface area contributed by atoms with Crippen molar-refractivity contribution in [1.82, 2.24) is 4.98 Å².